The van der Waals surface area contributed by atoms with Crippen LogP contribution in [0, 0.1) is 0 Å². The molecule has 2 aliphatic heterocycles. The second-order valence-electron chi connectivity index (χ2n) is 6.16. The number of carbonyl (C=O) groups is 1. The van der Waals surface area contributed by atoms with Gasteiger partial charge in [0.05, 0.1) is 32.1 Å². The summed E-state index contributed by atoms with van der Waals surface area (Å²) in [6, 6.07) is 3.40. The average molecular weight is 336 g/mol. The molecule has 0 unspecified atom stereocenters. The molecule has 0 aliphatic carbocycles. The molecule has 2 heterocycles. The molecule has 2 amide bonds. The molecule has 1 atom stereocenters. The molecule has 0 bridgehead atoms. The summed E-state index contributed by atoms with van der Waals surface area (Å²) in [5.41, 5.74) is 1.68. The Morgan fingerprint density at radius 2 is 2.12 bits per heavy atom. The molecule has 7 nitrogen and oxygen atoms in total. The zero-order chi connectivity index (χ0) is 17.2. The van der Waals surface area contributed by atoms with E-state index in [1.54, 1.807) is 6.92 Å². The summed E-state index contributed by atoms with van der Waals surface area (Å²) in [4.78, 5) is 12.2. The number of amides is 2. The third-order valence-electron chi connectivity index (χ3n) is 4.01. The number of urea groups is 1. The molecule has 0 aromatic heterocycles. The van der Waals surface area contributed by atoms with Crippen LogP contribution < -0.4 is 20.1 Å². The van der Waals surface area contributed by atoms with Crippen LogP contribution in [0.25, 0.3) is 0 Å². The first kappa shape index (κ1) is 16.9. The van der Waals surface area contributed by atoms with Gasteiger partial charge >= 0.3 is 6.03 Å². The van der Waals surface area contributed by atoms with Gasteiger partial charge in [-0.05, 0) is 26.8 Å². The van der Waals surface area contributed by atoms with Crippen molar-refractivity contribution in [3.63, 3.8) is 0 Å². The van der Waals surface area contributed by atoms with Gasteiger partial charge in [-0.25, -0.2) is 4.79 Å². The molecule has 0 radical (unpaired) electrons. The smallest absolute Gasteiger partial charge is 0.319 e. The number of anilines is 1. The Morgan fingerprint density at radius 3 is 2.83 bits per heavy atom. The summed E-state index contributed by atoms with van der Waals surface area (Å²) in [5, 5.41) is 5.58. The van der Waals surface area contributed by atoms with E-state index >= 15 is 0 Å². The standard InChI is InChI=1S/C17H24N2O5/c1-4-21-15-8-12-7-11(2)24-14(12)9-13(15)19-16(20)18-10-17(3)22-5-6-23-17/h8-9,11H,4-7,10H2,1-3H3,(H2,18,19,20)/t11-/m0/s1. The number of benzene rings is 1. The van der Waals surface area contributed by atoms with Crippen molar-refractivity contribution >= 4 is 11.7 Å². The molecule has 1 saturated heterocycles. The monoisotopic (exact) mass is 336 g/mol. The molecule has 1 fully saturated rings. The highest BCUT2D eigenvalue weighted by atomic mass is 16.7. The number of rotatable bonds is 5. The number of carbonyl (C=O) groups excluding carboxylic acids is 1. The van der Waals surface area contributed by atoms with Crippen LogP contribution in [0.4, 0.5) is 10.5 Å². The minimum Gasteiger partial charge on any atom is -0.492 e. The Labute approximate surface area is 141 Å². The average Bonchev–Trinajstić information content (AvgIpc) is 3.11. The lowest BCUT2D eigenvalue weighted by molar-refractivity contribution is -0.136. The first-order valence-corrected chi connectivity index (χ1v) is 8.28. The van der Waals surface area contributed by atoms with Gasteiger partial charge in [0, 0.05) is 18.1 Å². The van der Waals surface area contributed by atoms with E-state index in [1.165, 1.54) is 0 Å². The van der Waals surface area contributed by atoms with Gasteiger partial charge in [-0.1, -0.05) is 0 Å². The van der Waals surface area contributed by atoms with Crippen molar-refractivity contribution < 1.29 is 23.7 Å². The predicted octanol–water partition coefficient (Wildman–Crippen LogP) is 2.29. The Bertz CT molecular complexity index is 613. The summed E-state index contributed by atoms with van der Waals surface area (Å²) in [7, 11) is 0. The van der Waals surface area contributed by atoms with Crippen LogP contribution >= 0.6 is 0 Å². The van der Waals surface area contributed by atoms with Gasteiger partial charge in [0.1, 0.15) is 17.6 Å². The predicted molar refractivity (Wildman–Crippen MR) is 88.7 cm³/mol. The number of ether oxygens (including phenoxy) is 4. The molecule has 132 valence electrons. The number of nitrogens with one attached hydrogen (secondary N) is 2. The maximum atomic E-state index is 12.2. The molecule has 1 aromatic rings. The number of fused-ring (bicyclic) bond motifs is 1. The van der Waals surface area contributed by atoms with E-state index in [0.29, 0.717) is 31.3 Å². The fraction of sp³-hybridized carbons (Fsp3) is 0.588. The zero-order valence-corrected chi connectivity index (χ0v) is 14.3. The van der Waals surface area contributed by atoms with Gasteiger partial charge in [0.15, 0.2) is 5.79 Å². The quantitative estimate of drug-likeness (QED) is 0.863. The van der Waals surface area contributed by atoms with Gasteiger partial charge < -0.3 is 29.6 Å². The molecule has 2 N–H and O–H groups in total. The minimum absolute atomic E-state index is 0.134. The van der Waals surface area contributed by atoms with Crippen molar-refractivity contribution in [2.75, 3.05) is 31.7 Å². The van der Waals surface area contributed by atoms with Gasteiger partial charge in [0.2, 0.25) is 0 Å². The lowest BCUT2D eigenvalue weighted by Crippen LogP contribution is -2.43. The largest absolute Gasteiger partial charge is 0.492 e. The van der Waals surface area contributed by atoms with Crippen LogP contribution in [-0.4, -0.2) is 44.3 Å². The molecule has 0 saturated carbocycles. The van der Waals surface area contributed by atoms with Crippen molar-refractivity contribution in [3.05, 3.63) is 17.7 Å². The van der Waals surface area contributed by atoms with Crippen molar-refractivity contribution in [2.45, 2.75) is 39.1 Å². The maximum Gasteiger partial charge on any atom is 0.319 e. The highest BCUT2D eigenvalue weighted by Crippen LogP contribution is 2.38. The highest BCUT2D eigenvalue weighted by Gasteiger charge is 2.31. The highest BCUT2D eigenvalue weighted by molar-refractivity contribution is 5.91. The van der Waals surface area contributed by atoms with E-state index in [2.05, 4.69) is 10.6 Å². The fourth-order valence-corrected chi connectivity index (χ4v) is 2.88. The third-order valence-corrected chi connectivity index (χ3v) is 4.01. The van der Waals surface area contributed by atoms with E-state index in [4.69, 9.17) is 18.9 Å². The first-order valence-electron chi connectivity index (χ1n) is 8.28. The summed E-state index contributed by atoms with van der Waals surface area (Å²) in [6.45, 7) is 7.58. The van der Waals surface area contributed by atoms with Crippen LogP contribution in [0.15, 0.2) is 12.1 Å². The van der Waals surface area contributed by atoms with E-state index in [9.17, 15) is 4.79 Å². The van der Waals surface area contributed by atoms with Gasteiger partial charge in [-0.2, -0.15) is 0 Å². The van der Waals surface area contributed by atoms with E-state index < -0.39 is 5.79 Å². The molecule has 7 heteroatoms. The van der Waals surface area contributed by atoms with E-state index in [-0.39, 0.29) is 18.7 Å². The SMILES string of the molecule is CCOc1cc2c(cc1NC(=O)NCC1(C)OCCO1)O[C@@H](C)C2. The van der Waals surface area contributed by atoms with Crippen molar-refractivity contribution in [1.82, 2.24) is 5.32 Å². The van der Waals surface area contributed by atoms with E-state index in [0.717, 1.165) is 17.7 Å². The number of hydrogen-bond donors (Lipinski definition) is 2. The van der Waals surface area contributed by atoms with Crippen LogP contribution in [-0.2, 0) is 15.9 Å². The van der Waals surface area contributed by atoms with Crippen molar-refractivity contribution in [1.29, 1.82) is 0 Å². The topological polar surface area (TPSA) is 78.1 Å². The van der Waals surface area contributed by atoms with Crippen LogP contribution in [0.2, 0.25) is 0 Å². The molecular weight excluding hydrogens is 312 g/mol. The Kier molecular flexibility index (Phi) is 4.82. The summed E-state index contributed by atoms with van der Waals surface area (Å²) >= 11 is 0. The lowest BCUT2D eigenvalue weighted by Gasteiger charge is -2.22. The third kappa shape index (κ3) is 3.73. The molecule has 1 aromatic carbocycles. The maximum absolute atomic E-state index is 12.2. The van der Waals surface area contributed by atoms with Gasteiger partial charge in [-0.3, -0.25) is 0 Å². The summed E-state index contributed by atoms with van der Waals surface area (Å²) in [6.07, 6.45) is 0.977. The van der Waals surface area contributed by atoms with Gasteiger partial charge in [0.25, 0.3) is 0 Å². The minimum atomic E-state index is -0.767. The van der Waals surface area contributed by atoms with Crippen LogP contribution in [0.5, 0.6) is 11.5 Å². The summed E-state index contributed by atoms with van der Waals surface area (Å²) in [5.74, 6) is 0.663. The van der Waals surface area contributed by atoms with E-state index in [1.807, 2.05) is 26.0 Å². The zero-order valence-electron chi connectivity index (χ0n) is 14.3. The normalized spacial score (nSPS) is 21.0. The lowest BCUT2D eigenvalue weighted by atomic mass is 10.1. The van der Waals surface area contributed by atoms with Crippen molar-refractivity contribution in [3.8, 4) is 11.5 Å². The molecule has 0 spiro atoms. The molecule has 2 aliphatic rings. The van der Waals surface area contributed by atoms with Gasteiger partial charge in [-0.15, -0.1) is 0 Å². The van der Waals surface area contributed by atoms with Crippen LogP contribution in [0.1, 0.15) is 26.3 Å². The van der Waals surface area contributed by atoms with Crippen molar-refractivity contribution in [2.24, 2.45) is 0 Å². The van der Waals surface area contributed by atoms with Crippen LogP contribution in [0.3, 0.4) is 0 Å². The Balaban J connectivity index is 1.67. The second-order valence-corrected chi connectivity index (χ2v) is 6.16. The Hall–Kier alpha value is -1.99. The summed E-state index contributed by atoms with van der Waals surface area (Å²) < 4.78 is 22.3. The fourth-order valence-electron chi connectivity index (χ4n) is 2.88. The first-order chi connectivity index (χ1) is 11.5. The molecule has 24 heavy (non-hydrogen) atoms. The number of hydrogen-bond acceptors (Lipinski definition) is 5. The second kappa shape index (κ2) is 6.86. The molecule has 3 rings (SSSR count). The Morgan fingerprint density at radius 1 is 1.38 bits per heavy atom. The molecular formula is C17H24N2O5.